The Morgan fingerprint density at radius 2 is 0.810 bits per heavy atom. The van der Waals surface area contributed by atoms with E-state index in [9.17, 15) is 13.2 Å². The van der Waals surface area contributed by atoms with Gasteiger partial charge in [0.25, 0.3) is 0 Å². The van der Waals surface area contributed by atoms with Crippen molar-refractivity contribution in [2.45, 2.75) is 128 Å². The first kappa shape index (κ1) is 31.9. The zero-order chi connectivity index (χ0) is 29.6. The first-order valence-corrected chi connectivity index (χ1v) is 17.5. The third-order valence-electron chi connectivity index (χ3n) is 11.8. The van der Waals surface area contributed by atoms with Crippen LogP contribution < -0.4 is 0 Å². The van der Waals surface area contributed by atoms with Crippen molar-refractivity contribution in [1.82, 2.24) is 0 Å². The van der Waals surface area contributed by atoms with Crippen LogP contribution in [0.4, 0.5) is 13.2 Å². The quantitative estimate of drug-likeness (QED) is 0.327. The zero-order valence-corrected chi connectivity index (χ0v) is 26.7. The molecule has 0 aliphatic heterocycles. The number of rotatable bonds is 4. The molecule has 4 fully saturated rings. The second-order valence-electron chi connectivity index (χ2n) is 14.6. The van der Waals surface area contributed by atoms with Gasteiger partial charge in [0.2, 0.25) is 0 Å². The summed E-state index contributed by atoms with van der Waals surface area (Å²) in [5.74, 6) is 4.81. The predicted octanol–water partition coefficient (Wildman–Crippen LogP) is 12.6. The molecule has 0 heterocycles. The van der Waals surface area contributed by atoms with Crippen molar-refractivity contribution in [2.24, 2.45) is 35.5 Å². The predicted molar refractivity (Wildman–Crippen MR) is 169 cm³/mol. The maximum atomic E-state index is 13.6. The molecule has 4 saturated carbocycles. The monoisotopic (exact) mass is 600 g/mol. The fourth-order valence-electron chi connectivity index (χ4n) is 8.90. The molecule has 0 atom stereocenters. The van der Waals surface area contributed by atoms with E-state index < -0.39 is 11.6 Å². The van der Waals surface area contributed by atoms with Crippen LogP contribution in [0, 0.1) is 53.0 Å². The lowest BCUT2D eigenvalue weighted by Crippen LogP contribution is -2.24. The Morgan fingerprint density at radius 3 is 1.19 bits per heavy atom. The Labute approximate surface area is 258 Å². The number of hydrogen-bond donors (Lipinski definition) is 0. The molecule has 2 aromatic carbocycles. The highest BCUT2D eigenvalue weighted by atomic mass is 35.5. The summed E-state index contributed by atoms with van der Waals surface area (Å²) in [7, 11) is 0. The summed E-state index contributed by atoms with van der Waals surface area (Å²) in [6, 6.07) is 9.82. The van der Waals surface area contributed by atoms with Crippen molar-refractivity contribution in [3.05, 3.63) is 70.0 Å². The van der Waals surface area contributed by atoms with Gasteiger partial charge in [0.1, 0.15) is 5.82 Å². The Kier molecular flexibility index (Phi) is 11.4. The Bertz CT molecular complexity index is 1030. The summed E-state index contributed by atoms with van der Waals surface area (Å²) in [5, 5.41) is 0.240. The molecule has 4 aliphatic carbocycles. The van der Waals surface area contributed by atoms with E-state index in [2.05, 4.69) is 13.8 Å². The van der Waals surface area contributed by atoms with Crippen molar-refractivity contribution in [2.75, 3.05) is 0 Å². The van der Waals surface area contributed by atoms with Gasteiger partial charge < -0.3 is 0 Å². The average molecular weight is 601 g/mol. The highest BCUT2D eigenvalue weighted by Crippen LogP contribution is 2.45. The van der Waals surface area contributed by atoms with Gasteiger partial charge in [-0.15, -0.1) is 0 Å². The first-order chi connectivity index (χ1) is 20.3. The highest BCUT2D eigenvalue weighted by molar-refractivity contribution is 6.30. The van der Waals surface area contributed by atoms with Gasteiger partial charge in [-0.2, -0.15) is 0 Å². The maximum Gasteiger partial charge on any atom is 0.159 e. The summed E-state index contributed by atoms with van der Waals surface area (Å²) in [5.41, 5.74) is 2.14. The normalized spacial score (nSPS) is 33.9. The summed E-state index contributed by atoms with van der Waals surface area (Å²) >= 11 is 5.78. The van der Waals surface area contributed by atoms with Gasteiger partial charge in [-0.3, -0.25) is 0 Å². The van der Waals surface area contributed by atoms with Gasteiger partial charge in [0, 0.05) is 0 Å². The van der Waals surface area contributed by atoms with Crippen LogP contribution in [0.5, 0.6) is 0 Å². The molecule has 0 spiro atoms. The van der Waals surface area contributed by atoms with Crippen molar-refractivity contribution in [1.29, 1.82) is 0 Å². The van der Waals surface area contributed by atoms with E-state index in [1.54, 1.807) is 18.2 Å². The fraction of sp³-hybridized carbons (Fsp3) is 0.684. The lowest BCUT2D eigenvalue weighted by atomic mass is 9.68. The van der Waals surface area contributed by atoms with E-state index in [1.165, 1.54) is 102 Å². The van der Waals surface area contributed by atoms with E-state index in [1.807, 2.05) is 6.07 Å². The van der Waals surface area contributed by atoms with Crippen molar-refractivity contribution in [3.8, 4) is 0 Å². The van der Waals surface area contributed by atoms with Crippen LogP contribution in [0.15, 0.2) is 36.4 Å². The van der Waals surface area contributed by atoms with Crippen LogP contribution in [0.25, 0.3) is 0 Å². The average Bonchev–Trinajstić information content (AvgIpc) is 3.01. The molecule has 42 heavy (non-hydrogen) atoms. The van der Waals surface area contributed by atoms with Crippen LogP contribution in [0.3, 0.4) is 0 Å². The van der Waals surface area contributed by atoms with E-state index in [0.29, 0.717) is 11.8 Å². The number of benzene rings is 2. The van der Waals surface area contributed by atoms with Gasteiger partial charge in [-0.1, -0.05) is 63.3 Å². The smallest absolute Gasteiger partial charge is 0.159 e. The molecule has 0 unspecified atom stereocenters. The van der Waals surface area contributed by atoms with Gasteiger partial charge in [0.15, 0.2) is 11.6 Å². The number of hydrogen-bond acceptors (Lipinski definition) is 0. The minimum atomic E-state index is -0.733. The van der Waals surface area contributed by atoms with Gasteiger partial charge in [0.05, 0.1) is 5.02 Å². The third kappa shape index (κ3) is 8.36. The Morgan fingerprint density at radius 1 is 0.452 bits per heavy atom. The van der Waals surface area contributed by atoms with E-state index in [4.69, 9.17) is 11.6 Å². The van der Waals surface area contributed by atoms with Crippen molar-refractivity contribution >= 4 is 11.6 Å². The highest BCUT2D eigenvalue weighted by Gasteiger charge is 2.32. The molecule has 6 rings (SSSR count). The maximum absolute atomic E-state index is 13.6. The van der Waals surface area contributed by atoms with Gasteiger partial charge in [-0.05, 0) is 160 Å². The molecule has 0 radical (unpaired) electrons. The van der Waals surface area contributed by atoms with E-state index in [0.717, 1.165) is 59.5 Å². The molecule has 4 aliphatic rings. The molecule has 0 aromatic heterocycles. The summed E-state index contributed by atoms with van der Waals surface area (Å²) in [4.78, 5) is 0. The number of halogens is 4. The zero-order valence-electron chi connectivity index (χ0n) is 25.9. The van der Waals surface area contributed by atoms with Gasteiger partial charge in [-0.25, -0.2) is 13.2 Å². The topological polar surface area (TPSA) is 0 Å². The van der Waals surface area contributed by atoms with Crippen LogP contribution in [0.1, 0.15) is 140 Å². The molecular formula is C38H52ClF3. The molecule has 2 aromatic rings. The molecular weight excluding hydrogens is 549 g/mol. The SMILES string of the molecule is CC1CCC(C2CCC(c3ccc(Cl)c(F)c3)CC2)CC1.CC1CCC(C2CCC(c3ccc(F)c(F)c3)CC2)CC1. The molecule has 0 nitrogen and oxygen atoms in total. The van der Waals surface area contributed by atoms with E-state index in [-0.39, 0.29) is 10.8 Å². The third-order valence-corrected chi connectivity index (χ3v) is 12.1. The van der Waals surface area contributed by atoms with Crippen LogP contribution in [-0.2, 0) is 0 Å². The lowest BCUT2D eigenvalue weighted by Gasteiger charge is -2.37. The molecule has 0 amide bonds. The first-order valence-electron chi connectivity index (χ1n) is 17.2. The summed E-state index contributed by atoms with van der Waals surface area (Å²) < 4.78 is 40.0. The van der Waals surface area contributed by atoms with Crippen molar-refractivity contribution < 1.29 is 13.2 Å². The minimum absolute atomic E-state index is 0.240. The second-order valence-corrected chi connectivity index (χ2v) is 15.0. The Balaban J connectivity index is 0.000000168. The lowest BCUT2D eigenvalue weighted by molar-refractivity contribution is 0.165. The summed E-state index contributed by atoms with van der Waals surface area (Å²) in [6.45, 7) is 4.76. The largest absolute Gasteiger partial charge is 0.205 e. The summed E-state index contributed by atoms with van der Waals surface area (Å²) in [6.07, 6.45) is 21.2. The molecule has 0 N–H and O–H groups in total. The molecule has 4 heteroatoms. The molecule has 0 saturated heterocycles. The Hall–Kier alpha value is -1.48. The van der Waals surface area contributed by atoms with Crippen LogP contribution in [0.2, 0.25) is 5.02 Å². The molecule has 0 bridgehead atoms. The standard InChI is InChI=1S/C19H26ClF.C19H26F2/c2*1-13-2-4-14(5-3-13)15-6-8-16(9-7-15)17-10-11-18(20)19(21)12-17/h2*10-16H,2-9H2,1H3. The van der Waals surface area contributed by atoms with Gasteiger partial charge >= 0.3 is 0 Å². The minimum Gasteiger partial charge on any atom is -0.205 e. The van der Waals surface area contributed by atoms with Crippen LogP contribution >= 0.6 is 11.6 Å². The molecule has 232 valence electrons. The van der Waals surface area contributed by atoms with Crippen molar-refractivity contribution in [3.63, 3.8) is 0 Å². The van der Waals surface area contributed by atoms with E-state index >= 15 is 0 Å². The van der Waals surface area contributed by atoms with Crippen LogP contribution in [-0.4, -0.2) is 0 Å². The fourth-order valence-corrected chi connectivity index (χ4v) is 9.01. The second kappa shape index (κ2) is 15.0.